The molecule has 2 heterocycles. The Bertz CT molecular complexity index is 1460. The zero-order chi connectivity index (χ0) is 29.2. The molecule has 0 radical (unpaired) electrons. The van der Waals surface area contributed by atoms with Gasteiger partial charge in [0.05, 0.1) is 48.8 Å². The van der Waals surface area contributed by atoms with Crippen molar-refractivity contribution in [3.63, 3.8) is 0 Å². The number of ether oxygens (including phenoxy) is 4. The highest BCUT2D eigenvalue weighted by atomic mass is 32.2. The van der Waals surface area contributed by atoms with Crippen molar-refractivity contribution in [3.05, 3.63) is 73.7 Å². The van der Waals surface area contributed by atoms with Gasteiger partial charge in [-0.2, -0.15) is 0 Å². The summed E-state index contributed by atoms with van der Waals surface area (Å²) in [6, 6.07) is 12.7. The first kappa shape index (κ1) is 29.4. The average molecular weight is 598 g/mol. The van der Waals surface area contributed by atoms with Crippen LogP contribution in [-0.4, -0.2) is 56.7 Å². The van der Waals surface area contributed by atoms with E-state index in [0.717, 1.165) is 34.8 Å². The van der Waals surface area contributed by atoms with E-state index in [0.29, 0.717) is 31.7 Å². The Hall–Kier alpha value is -3.54. The monoisotopic (exact) mass is 597 g/mol. The first-order chi connectivity index (χ1) is 19.1. The van der Waals surface area contributed by atoms with Gasteiger partial charge in [0.2, 0.25) is 0 Å². The van der Waals surface area contributed by atoms with E-state index >= 15 is 0 Å². The van der Waals surface area contributed by atoms with Gasteiger partial charge in [0.25, 0.3) is 5.91 Å². The van der Waals surface area contributed by atoms with Crippen molar-refractivity contribution < 1.29 is 33.3 Å². The van der Waals surface area contributed by atoms with Crippen LogP contribution in [-0.2, 0) is 23.9 Å². The van der Waals surface area contributed by atoms with E-state index in [4.69, 9.17) is 31.2 Å². The molecule has 0 saturated carbocycles. The smallest absolute Gasteiger partial charge is 0.346 e. The van der Waals surface area contributed by atoms with Crippen LogP contribution in [0.25, 0.3) is 11.6 Å². The molecule has 1 amide bonds. The second-order valence-corrected chi connectivity index (χ2v) is 11.8. The van der Waals surface area contributed by atoms with Crippen molar-refractivity contribution in [2.45, 2.75) is 19.4 Å². The SMILES string of the molecule is COC(=O)C1=C(C(=O)OC)SC(=C2C(=S)C(C)(C)N(C(=O)/C=C/c3ccc(OC)cc3)c3cc(OC)ccc32)S1. The molecule has 208 valence electrons. The molecule has 11 heteroatoms. The zero-order valence-corrected chi connectivity index (χ0v) is 25.2. The topological polar surface area (TPSA) is 91.4 Å². The van der Waals surface area contributed by atoms with Gasteiger partial charge in [-0.05, 0) is 49.8 Å². The quantitative estimate of drug-likeness (QED) is 0.237. The summed E-state index contributed by atoms with van der Waals surface area (Å²) in [7, 11) is 5.64. The summed E-state index contributed by atoms with van der Waals surface area (Å²) in [6.07, 6.45) is 3.23. The molecule has 4 rings (SSSR count). The Balaban J connectivity index is 1.83. The van der Waals surface area contributed by atoms with Gasteiger partial charge in [0.15, 0.2) is 0 Å². The van der Waals surface area contributed by atoms with Crippen LogP contribution >= 0.6 is 35.7 Å². The molecule has 0 saturated heterocycles. The van der Waals surface area contributed by atoms with Crippen LogP contribution < -0.4 is 14.4 Å². The van der Waals surface area contributed by atoms with Crippen molar-refractivity contribution >= 4 is 75.8 Å². The molecule has 0 bridgehead atoms. The third-order valence-electron chi connectivity index (χ3n) is 6.35. The van der Waals surface area contributed by atoms with E-state index in [-0.39, 0.29) is 15.7 Å². The maximum Gasteiger partial charge on any atom is 0.346 e. The molecule has 2 aliphatic heterocycles. The number of nitrogens with zero attached hydrogens (tertiary/aromatic N) is 1. The van der Waals surface area contributed by atoms with Crippen molar-refractivity contribution in [2.75, 3.05) is 33.3 Å². The second-order valence-electron chi connectivity index (χ2n) is 9.06. The summed E-state index contributed by atoms with van der Waals surface area (Å²) >= 11 is 8.21. The van der Waals surface area contributed by atoms with Gasteiger partial charge in [-0.25, -0.2) is 9.59 Å². The molecule has 2 aromatic rings. The Morgan fingerprint density at radius 3 is 1.93 bits per heavy atom. The molecule has 0 spiro atoms. The van der Waals surface area contributed by atoms with Crippen LogP contribution in [0.5, 0.6) is 11.5 Å². The van der Waals surface area contributed by atoms with Crippen molar-refractivity contribution in [1.82, 2.24) is 0 Å². The number of fused-ring (bicyclic) bond motifs is 1. The minimum atomic E-state index is -0.959. The van der Waals surface area contributed by atoms with Crippen LogP contribution in [0.4, 0.5) is 5.69 Å². The lowest BCUT2D eigenvalue weighted by Crippen LogP contribution is -2.55. The van der Waals surface area contributed by atoms with Crippen LogP contribution in [0.3, 0.4) is 0 Å². The standard InChI is InChI=1S/C29H27NO7S3/c1-29(2)25(38)22(28-39-23(26(32)36-5)24(40-28)27(33)37-6)19-13-12-18(35-4)15-20(19)30(29)21(31)14-9-16-7-10-17(34-3)11-8-16/h7-15H,1-6H3/b14-9+. The minimum Gasteiger partial charge on any atom is -0.497 e. The molecule has 0 aliphatic carbocycles. The van der Waals surface area contributed by atoms with Crippen molar-refractivity contribution in [2.24, 2.45) is 0 Å². The summed E-state index contributed by atoms with van der Waals surface area (Å²) in [5.74, 6) is -0.304. The third-order valence-corrected chi connectivity index (χ3v) is 9.61. The van der Waals surface area contributed by atoms with Crippen molar-refractivity contribution in [1.29, 1.82) is 0 Å². The number of benzene rings is 2. The van der Waals surface area contributed by atoms with Crippen LogP contribution in [0.1, 0.15) is 25.0 Å². The highest BCUT2D eigenvalue weighted by molar-refractivity contribution is 8.29. The highest BCUT2D eigenvalue weighted by Gasteiger charge is 2.45. The van der Waals surface area contributed by atoms with E-state index in [9.17, 15) is 14.4 Å². The number of carbonyl (C=O) groups is 3. The number of rotatable bonds is 6. The van der Waals surface area contributed by atoms with E-state index in [1.165, 1.54) is 20.3 Å². The summed E-state index contributed by atoms with van der Waals surface area (Å²) in [5, 5.41) is 0. The highest BCUT2D eigenvalue weighted by Crippen LogP contribution is 2.56. The number of anilines is 1. The second kappa shape index (κ2) is 11.9. The molecule has 0 fully saturated rings. The first-order valence-corrected chi connectivity index (χ1v) is 14.0. The lowest BCUT2D eigenvalue weighted by Gasteiger charge is -2.45. The van der Waals surface area contributed by atoms with Crippen molar-refractivity contribution in [3.8, 4) is 11.5 Å². The normalized spacial score (nSPS) is 16.2. The van der Waals surface area contributed by atoms with Gasteiger partial charge < -0.3 is 18.9 Å². The van der Waals surface area contributed by atoms with Crippen LogP contribution in [0.2, 0.25) is 0 Å². The number of hydrogen-bond acceptors (Lipinski definition) is 10. The van der Waals surface area contributed by atoms with Gasteiger partial charge >= 0.3 is 11.9 Å². The lowest BCUT2D eigenvalue weighted by atomic mass is 9.83. The molecular weight excluding hydrogens is 571 g/mol. The maximum atomic E-state index is 13.8. The average Bonchev–Trinajstić information content (AvgIpc) is 3.40. The van der Waals surface area contributed by atoms with Gasteiger partial charge in [0.1, 0.15) is 21.3 Å². The maximum absolute atomic E-state index is 13.8. The van der Waals surface area contributed by atoms with Crippen LogP contribution in [0, 0.1) is 0 Å². The molecule has 0 atom stereocenters. The molecule has 0 N–H and O–H groups in total. The molecule has 8 nitrogen and oxygen atoms in total. The first-order valence-electron chi connectivity index (χ1n) is 12.0. The zero-order valence-electron chi connectivity index (χ0n) is 22.7. The number of esters is 2. The predicted octanol–water partition coefficient (Wildman–Crippen LogP) is 5.62. The summed E-state index contributed by atoms with van der Waals surface area (Å²) in [4.78, 5) is 41.2. The lowest BCUT2D eigenvalue weighted by molar-refractivity contribution is -0.138. The van der Waals surface area contributed by atoms with E-state index in [1.54, 1.807) is 37.3 Å². The number of thioether (sulfide) groups is 2. The van der Waals surface area contributed by atoms with Gasteiger partial charge in [-0.3, -0.25) is 9.69 Å². The number of methoxy groups -OCH3 is 4. The Kier molecular flexibility index (Phi) is 8.77. The number of thiocarbonyl (C=S) groups is 1. The van der Waals surface area contributed by atoms with E-state index < -0.39 is 17.5 Å². The molecule has 0 unspecified atom stereocenters. The molecule has 2 aliphatic rings. The summed E-state index contributed by atoms with van der Waals surface area (Å²) in [6.45, 7) is 3.72. The number of amides is 1. The van der Waals surface area contributed by atoms with E-state index in [2.05, 4.69) is 0 Å². The fraction of sp³-hybridized carbons (Fsp3) is 0.241. The van der Waals surface area contributed by atoms with Gasteiger partial charge in [-0.1, -0.05) is 47.9 Å². The largest absolute Gasteiger partial charge is 0.497 e. The molecule has 40 heavy (non-hydrogen) atoms. The molecule has 0 aromatic heterocycles. The van der Waals surface area contributed by atoms with Crippen LogP contribution in [0.15, 0.2) is 62.6 Å². The Labute approximate surface area is 246 Å². The fourth-order valence-corrected chi connectivity index (χ4v) is 7.31. The Morgan fingerprint density at radius 1 is 0.850 bits per heavy atom. The number of hydrogen-bond donors (Lipinski definition) is 0. The minimum absolute atomic E-state index is 0.124. The molecule has 2 aromatic carbocycles. The molecular formula is C29H27NO7S3. The Morgan fingerprint density at radius 2 is 1.40 bits per heavy atom. The fourth-order valence-electron chi connectivity index (χ4n) is 4.27. The summed E-state index contributed by atoms with van der Waals surface area (Å²) < 4.78 is 21.1. The number of carbonyl (C=O) groups excluding carboxylic acids is 3. The van der Waals surface area contributed by atoms with Gasteiger partial charge in [-0.15, -0.1) is 0 Å². The summed E-state index contributed by atoms with van der Waals surface area (Å²) in [5.41, 5.74) is 1.77. The predicted molar refractivity (Wildman–Crippen MR) is 162 cm³/mol. The third kappa shape index (κ3) is 5.41. The van der Waals surface area contributed by atoms with E-state index in [1.807, 2.05) is 44.2 Å². The van der Waals surface area contributed by atoms with Gasteiger partial charge in [0, 0.05) is 23.3 Å².